The SMILES string of the molecule is NS(=O)(=O)CCNC(=O)c1sccc1F. The highest BCUT2D eigenvalue weighted by Crippen LogP contribution is 2.13. The fourth-order valence-corrected chi connectivity index (χ4v) is 1.91. The van der Waals surface area contributed by atoms with Crippen molar-refractivity contribution in [1.29, 1.82) is 0 Å². The molecule has 0 spiro atoms. The Bertz CT molecular complexity index is 455. The third kappa shape index (κ3) is 3.94. The summed E-state index contributed by atoms with van der Waals surface area (Å²) in [4.78, 5) is 11.2. The highest BCUT2D eigenvalue weighted by Gasteiger charge is 2.13. The molecule has 0 aliphatic heterocycles. The largest absolute Gasteiger partial charge is 0.350 e. The molecule has 0 saturated carbocycles. The molecule has 0 aromatic carbocycles. The second-order valence-electron chi connectivity index (χ2n) is 2.72. The molecule has 0 aliphatic rings. The van der Waals surface area contributed by atoms with Gasteiger partial charge in [0, 0.05) is 6.54 Å². The van der Waals surface area contributed by atoms with Crippen molar-refractivity contribution in [1.82, 2.24) is 5.32 Å². The van der Waals surface area contributed by atoms with Gasteiger partial charge >= 0.3 is 0 Å². The van der Waals surface area contributed by atoms with Crippen LogP contribution in [0.15, 0.2) is 11.4 Å². The lowest BCUT2D eigenvalue weighted by Crippen LogP contribution is -2.31. The number of sulfonamides is 1. The normalized spacial score (nSPS) is 11.3. The van der Waals surface area contributed by atoms with E-state index in [0.717, 1.165) is 11.3 Å². The Morgan fingerprint density at radius 3 is 2.73 bits per heavy atom. The smallest absolute Gasteiger partial charge is 0.264 e. The number of hydrogen-bond donors (Lipinski definition) is 2. The van der Waals surface area contributed by atoms with Gasteiger partial charge in [0.1, 0.15) is 10.7 Å². The molecule has 8 heteroatoms. The van der Waals surface area contributed by atoms with Crippen molar-refractivity contribution in [2.45, 2.75) is 0 Å². The summed E-state index contributed by atoms with van der Waals surface area (Å²) in [5.41, 5.74) is 0. The minimum absolute atomic E-state index is 0.0654. The van der Waals surface area contributed by atoms with Gasteiger partial charge < -0.3 is 5.32 Å². The second kappa shape index (κ2) is 4.69. The molecule has 0 atom stereocenters. The van der Waals surface area contributed by atoms with Crippen molar-refractivity contribution in [2.24, 2.45) is 5.14 Å². The van der Waals surface area contributed by atoms with Crippen LogP contribution in [0.5, 0.6) is 0 Å². The molecule has 1 heterocycles. The molecule has 5 nitrogen and oxygen atoms in total. The van der Waals surface area contributed by atoms with Crippen molar-refractivity contribution in [3.05, 3.63) is 22.1 Å². The van der Waals surface area contributed by atoms with E-state index in [1.807, 2.05) is 0 Å². The maximum Gasteiger partial charge on any atom is 0.264 e. The highest BCUT2D eigenvalue weighted by molar-refractivity contribution is 7.89. The van der Waals surface area contributed by atoms with Gasteiger partial charge in [-0.1, -0.05) is 0 Å². The number of carbonyl (C=O) groups excluding carboxylic acids is 1. The third-order valence-electron chi connectivity index (χ3n) is 1.50. The lowest BCUT2D eigenvalue weighted by Gasteiger charge is -2.01. The first-order valence-electron chi connectivity index (χ1n) is 3.92. The van der Waals surface area contributed by atoms with Crippen LogP contribution in [0.1, 0.15) is 9.67 Å². The van der Waals surface area contributed by atoms with Crippen molar-refractivity contribution < 1.29 is 17.6 Å². The number of halogens is 1. The minimum atomic E-state index is -3.60. The van der Waals surface area contributed by atoms with Crippen LogP contribution in [0.25, 0.3) is 0 Å². The van der Waals surface area contributed by atoms with Crippen molar-refractivity contribution >= 4 is 27.3 Å². The van der Waals surface area contributed by atoms with Gasteiger partial charge in [0.05, 0.1) is 5.75 Å². The van der Waals surface area contributed by atoms with Gasteiger partial charge in [-0.15, -0.1) is 11.3 Å². The monoisotopic (exact) mass is 252 g/mol. The number of carbonyl (C=O) groups is 1. The molecule has 0 aliphatic carbocycles. The average Bonchev–Trinajstić information content (AvgIpc) is 2.48. The van der Waals surface area contributed by atoms with E-state index < -0.39 is 21.7 Å². The van der Waals surface area contributed by atoms with E-state index in [1.165, 1.54) is 11.4 Å². The van der Waals surface area contributed by atoms with Crippen molar-refractivity contribution in [2.75, 3.05) is 12.3 Å². The maximum absolute atomic E-state index is 12.9. The zero-order valence-electron chi connectivity index (χ0n) is 7.57. The molecule has 1 aromatic heterocycles. The first-order chi connectivity index (χ1) is 6.90. The van der Waals surface area contributed by atoms with Crippen LogP contribution >= 0.6 is 11.3 Å². The zero-order chi connectivity index (χ0) is 11.5. The van der Waals surface area contributed by atoms with E-state index in [-0.39, 0.29) is 17.2 Å². The fourth-order valence-electron chi connectivity index (χ4n) is 0.843. The Kier molecular flexibility index (Phi) is 3.77. The van der Waals surface area contributed by atoms with Crippen LogP contribution in [-0.4, -0.2) is 26.6 Å². The van der Waals surface area contributed by atoms with Crippen molar-refractivity contribution in [3.8, 4) is 0 Å². The molecule has 15 heavy (non-hydrogen) atoms. The van der Waals surface area contributed by atoms with E-state index in [1.54, 1.807) is 0 Å². The van der Waals surface area contributed by atoms with Gasteiger partial charge in [-0.3, -0.25) is 4.79 Å². The number of thiophene rings is 1. The van der Waals surface area contributed by atoms with Crippen LogP contribution in [-0.2, 0) is 10.0 Å². The number of hydrogen-bond acceptors (Lipinski definition) is 4. The fraction of sp³-hybridized carbons (Fsp3) is 0.286. The van der Waals surface area contributed by atoms with Gasteiger partial charge in [0.2, 0.25) is 10.0 Å². The number of primary sulfonamides is 1. The summed E-state index contributed by atoms with van der Waals surface area (Å²) < 4.78 is 33.9. The molecule has 0 saturated heterocycles. The highest BCUT2D eigenvalue weighted by atomic mass is 32.2. The topological polar surface area (TPSA) is 89.3 Å². The van der Waals surface area contributed by atoms with Gasteiger partial charge in [0.15, 0.2) is 0 Å². The molecule has 1 rings (SSSR count). The van der Waals surface area contributed by atoms with Crippen LogP contribution in [0.4, 0.5) is 4.39 Å². The summed E-state index contributed by atoms with van der Waals surface area (Å²) in [5, 5.41) is 8.41. The van der Waals surface area contributed by atoms with Crippen LogP contribution < -0.4 is 10.5 Å². The van der Waals surface area contributed by atoms with E-state index in [0.29, 0.717) is 0 Å². The van der Waals surface area contributed by atoms with Crippen LogP contribution in [0.2, 0.25) is 0 Å². The number of amides is 1. The standard InChI is InChI=1S/C7H9FN2O3S2/c8-5-1-3-14-6(5)7(11)10-2-4-15(9,12)13/h1,3H,2,4H2,(H,10,11)(H2,9,12,13). The van der Waals surface area contributed by atoms with E-state index >= 15 is 0 Å². The lowest BCUT2D eigenvalue weighted by molar-refractivity contribution is 0.0956. The summed E-state index contributed by atoms with van der Waals surface area (Å²) in [6, 6.07) is 1.17. The summed E-state index contributed by atoms with van der Waals surface area (Å²) in [6.45, 7) is -0.130. The van der Waals surface area contributed by atoms with Crippen LogP contribution in [0, 0.1) is 5.82 Å². The first kappa shape index (κ1) is 12.1. The molecule has 1 amide bonds. The first-order valence-corrected chi connectivity index (χ1v) is 6.51. The van der Waals surface area contributed by atoms with Gasteiger partial charge in [-0.25, -0.2) is 17.9 Å². The lowest BCUT2D eigenvalue weighted by atomic mass is 10.4. The summed E-state index contributed by atoms with van der Waals surface area (Å²) in [7, 11) is -3.60. The summed E-state index contributed by atoms with van der Waals surface area (Å²) in [6.07, 6.45) is 0. The Hall–Kier alpha value is -0.990. The quantitative estimate of drug-likeness (QED) is 0.784. The predicted octanol–water partition coefficient (Wildman–Crippen LogP) is -0.0945. The van der Waals surface area contributed by atoms with Gasteiger partial charge in [-0.2, -0.15) is 0 Å². The summed E-state index contributed by atoms with van der Waals surface area (Å²) >= 11 is 0.948. The predicted molar refractivity (Wildman–Crippen MR) is 54.6 cm³/mol. The number of rotatable bonds is 4. The van der Waals surface area contributed by atoms with E-state index in [9.17, 15) is 17.6 Å². The Morgan fingerprint density at radius 2 is 2.27 bits per heavy atom. The van der Waals surface area contributed by atoms with Gasteiger partial charge in [0.25, 0.3) is 5.91 Å². The molecule has 3 N–H and O–H groups in total. The molecular weight excluding hydrogens is 243 g/mol. The molecule has 0 bridgehead atoms. The van der Waals surface area contributed by atoms with E-state index in [2.05, 4.69) is 5.32 Å². The molecule has 1 aromatic rings. The van der Waals surface area contributed by atoms with Crippen molar-refractivity contribution in [3.63, 3.8) is 0 Å². The second-order valence-corrected chi connectivity index (χ2v) is 5.37. The number of nitrogens with two attached hydrogens (primary N) is 1. The Morgan fingerprint density at radius 1 is 1.60 bits per heavy atom. The third-order valence-corrected chi connectivity index (χ3v) is 3.16. The minimum Gasteiger partial charge on any atom is -0.350 e. The maximum atomic E-state index is 12.9. The molecule has 0 radical (unpaired) electrons. The Balaban J connectivity index is 2.48. The molecule has 84 valence electrons. The Labute approximate surface area is 90.1 Å². The molecule has 0 unspecified atom stereocenters. The molecule has 0 fully saturated rings. The van der Waals surface area contributed by atoms with E-state index in [4.69, 9.17) is 5.14 Å². The van der Waals surface area contributed by atoms with Gasteiger partial charge in [-0.05, 0) is 11.4 Å². The van der Waals surface area contributed by atoms with Crippen LogP contribution in [0.3, 0.4) is 0 Å². The zero-order valence-corrected chi connectivity index (χ0v) is 9.20. The average molecular weight is 252 g/mol. The number of nitrogens with one attached hydrogen (secondary N) is 1. The summed E-state index contributed by atoms with van der Waals surface area (Å²) in [5.74, 6) is -1.62. The molecular formula is C7H9FN2O3S2.